The molecule has 6 heteroatoms. The van der Waals surface area contributed by atoms with E-state index in [9.17, 15) is 4.79 Å². The number of amides is 1. The van der Waals surface area contributed by atoms with Crippen molar-refractivity contribution in [2.24, 2.45) is 10.9 Å². The Balaban J connectivity index is 1.51. The van der Waals surface area contributed by atoms with Crippen LogP contribution in [0.5, 0.6) is 5.75 Å². The molecule has 0 aliphatic heterocycles. The number of hydrogen-bond acceptors (Lipinski definition) is 4. The molecule has 3 aromatic carbocycles. The number of fused-ring (bicyclic) bond motifs is 2. The lowest BCUT2D eigenvalue weighted by atomic mass is 9.84. The van der Waals surface area contributed by atoms with E-state index in [0.717, 1.165) is 59.3 Å². The van der Waals surface area contributed by atoms with Crippen molar-refractivity contribution in [3.05, 3.63) is 95.2 Å². The largest absolute Gasteiger partial charge is 0.484 e. The Labute approximate surface area is 230 Å². The van der Waals surface area contributed by atoms with E-state index in [1.165, 1.54) is 22.3 Å². The summed E-state index contributed by atoms with van der Waals surface area (Å²) in [7, 11) is 3.48. The van der Waals surface area contributed by atoms with Crippen LogP contribution in [0.1, 0.15) is 49.8 Å². The Bertz CT molecular complexity index is 1550. The molecule has 39 heavy (non-hydrogen) atoms. The lowest BCUT2D eigenvalue weighted by Gasteiger charge is -2.21. The fourth-order valence-electron chi connectivity index (χ4n) is 5.37. The monoisotopic (exact) mass is 520 g/mol. The second-order valence-electron chi connectivity index (χ2n) is 10.4. The van der Waals surface area contributed by atoms with Crippen LogP contribution in [-0.4, -0.2) is 47.4 Å². The van der Waals surface area contributed by atoms with E-state index in [-0.39, 0.29) is 12.5 Å². The zero-order valence-electron chi connectivity index (χ0n) is 23.2. The molecule has 0 fully saturated rings. The van der Waals surface area contributed by atoms with Gasteiger partial charge in [0.1, 0.15) is 5.75 Å². The second kappa shape index (κ2) is 11.7. The van der Waals surface area contributed by atoms with Crippen molar-refractivity contribution in [1.29, 1.82) is 0 Å². The third-order valence-corrected chi connectivity index (χ3v) is 7.54. The van der Waals surface area contributed by atoms with Crippen LogP contribution >= 0.6 is 0 Å². The Hall–Kier alpha value is -4.19. The number of nitrogens with one attached hydrogen (secondary N) is 1. The molecule has 0 saturated carbocycles. The number of rotatable bonds is 6. The number of ether oxygens (including phenoxy) is 1. The van der Waals surface area contributed by atoms with Gasteiger partial charge >= 0.3 is 0 Å². The normalized spacial score (nSPS) is 16.9. The van der Waals surface area contributed by atoms with Crippen LogP contribution in [0.25, 0.3) is 16.5 Å². The summed E-state index contributed by atoms with van der Waals surface area (Å²) in [6.45, 7) is 4.59. The summed E-state index contributed by atoms with van der Waals surface area (Å²) in [5.74, 6) is 0.990. The van der Waals surface area contributed by atoms with Crippen molar-refractivity contribution in [3.8, 4) is 5.75 Å². The van der Waals surface area contributed by atoms with E-state index in [1.807, 2.05) is 24.4 Å². The van der Waals surface area contributed by atoms with E-state index in [1.54, 1.807) is 19.0 Å². The highest BCUT2D eigenvalue weighted by molar-refractivity contribution is 6.04. The number of carbonyl (C=O) groups excluding carboxylic acids is 1. The molecule has 1 aromatic heterocycles. The van der Waals surface area contributed by atoms with Crippen LogP contribution in [0.2, 0.25) is 0 Å². The summed E-state index contributed by atoms with van der Waals surface area (Å²) in [6, 6.07) is 23.1. The molecule has 0 saturated heterocycles. The van der Waals surface area contributed by atoms with Crippen molar-refractivity contribution in [3.63, 3.8) is 0 Å². The number of H-pyrrole nitrogens is 1. The maximum absolute atomic E-state index is 12.1. The molecule has 5 rings (SSSR count). The van der Waals surface area contributed by atoms with Crippen LogP contribution in [0, 0.1) is 5.92 Å². The molecule has 200 valence electrons. The van der Waals surface area contributed by atoms with Crippen molar-refractivity contribution < 1.29 is 9.53 Å². The Morgan fingerprint density at radius 3 is 2.77 bits per heavy atom. The summed E-state index contributed by atoms with van der Waals surface area (Å²) >= 11 is 0. The molecule has 1 amide bonds. The Kier molecular flexibility index (Phi) is 7.92. The molecule has 1 aliphatic rings. The van der Waals surface area contributed by atoms with E-state index in [0.29, 0.717) is 5.92 Å². The Morgan fingerprint density at radius 2 is 1.95 bits per heavy atom. The first-order valence-electron chi connectivity index (χ1n) is 13.7. The standard InChI is InChI=1S/C33H36N4O2/c1-5-23-17-24-9-6-7-12-29(24)31(35-27-14-16-30-26(18-27)20-34-36-30)15-13-22(2)33(23)25-10-8-11-28(19-25)39-21-32(38)37(3)4/h6-12,14,16,18-20,22H,5,13,15,17,21H2,1-4H3,(H,34,36). The molecular formula is C33H36N4O2. The van der Waals surface area contributed by atoms with Gasteiger partial charge in [-0.3, -0.25) is 14.9 Å². The highest BCUT2D eigenvalue weighted by Gasteiger charge is 2.22. The van der Waals surface area contributed by atoms with Gasteiger partial charge in [0.2, 0.25) is 0 Å². The summed E-state index contributed by atoms with van der Waals surface area (Å²) < 4.78 is 5.87. The fourth-order valence-corrected chi connectivity index (χ4v) is 5.37. The molecular weight excluding hydrogens is 484 g/mol. The number of hydrogen-bond donors (Lipinski definition) is 1. The van der Waals surface area contributed by atoms with Gasteiger partial charge in [-0.25, -0.2) is 0 Å². The third kappa shape index (κ3) is 5.95. The molecule has 1 unspecified atom stereocenters. The van der Waals surface area contributed by atoms with Crippen molar-refractivity contribution >= 4 is 33.8 Å². The number of benzene rings is 3. The van der Waals surface area contributed by atoms with Crippen LogP contribution < -0.4 is 4.74 Å². The maximum atomic E-state index is 12.1. The lowest BCUT2D eigenvalue weighted by Crippen LogP contribution is -2.27. The predicted octanol–water partition coefficient (Wildman–Crippen LogP) is 6.99. The summed E-state index contributed by atoms with van der Waals surface area (Å²) in [5.41, 5.74) is 9.57. The van der Waals surface area contributed by atoms with Crippen LogP contribution in [0.3, 0.4) is 0 Å². The van der Waals surface area contributed by atoms with Gasteiger partial charge in [0.25, 0.3) is 5.91 Å². The summed E-state index contributed by atoms with van der Waals surface area (Å²) in [4.78, 5) is 18.8. The molecule has 6 nitrogen and oxygen atoms in total. The van der Waals surface area contributed by atoms with E-state index in [4.69, 9.17) is 9.73 Å². The van der Waals surface area contributed by atoms with Crippen LogP contribution in [0.15, 0.2) is 83.5 Å². The van der Waals surface area contributed by atoms with E-state index < -0.39 is 0 Å². The van der Waals surface area contributed by atoms with E-state index in [2.05, 4.69) is 72.6 Å². The first-order valence-corrected chi connectivity index (χ1v) is 13.7. The number of allylic oxidation sites excluding steroid dienone is 2. The smallest absolute Gasteiger partial charge is 0.259 e. The second-order valence-corrected chi connectivity index (χ2v) is 10.4. The number of aromatic nitrogens is 2. The van der Waals surface area contributed by atoms with Gasteiger partial charge in [-0.05, 0) is 84.2 Å². The topological polar surface area (TPSA) is 70.6 Å². The molecule has 1 atom stereocenters. The summed E-state index contributed by atoms with van der Waals surface area (Å²) in [6.07, 6.45) is 5.52. The fraction of sp³-hybridized carbons (Fsp3) is 0.303. The molecule has 4 aromatic rings. The molecule has 0 radical (unpaired) electrons. The summed E-state index contributed by atoms with van der Waals surface area (Å²) in [5, 5.41) is 8.24. The van der Waals surface area contributed by atoms with Gasteiger partial charge in [0.05, 0.1) is 17.4 Å². The van der Waals surface area contributed by atoms with Gasteiger partial charge in [-0.15, -0.1) is 0 Å². The maximum Gasteiger partial charge on any atom is 0.259 e. The third-order valence-electron chi connectivity index (χ3n) is 7.54. The van der Waals surface area contributed by atoms with Gasteiger partial charge in [-0.1, -0.05) is 55.8 Å². The average molecular weight is 521 g/mol. The average Bonchev–Trinajstić information content (AvgIpc) is 3.43. The SMILES string of the molecule is CCC1=C(c2cccc(OCC(=O)N(C)C)c2)C(C)CCC(=Nc2ccc3[nH]ncc3c2)c2ccccc2C1. The van der Waals surface area contributed by atoms with Crippen molar-refractivity contribution in [1.82, 2.24) is 15.1 Å². The van der Waals surface area contributed by atoms with Gasteiger partial charge in [0.15, 0.2) is 6.61 Å². The molecule has 1 aliphatic carbocycles. The highest BCUT2D eigenvalue weighted by Crippen LogP contribution is 2.37. The minimum atomic E-state index is -0.0555. The number of likely N-dealkylation sites (N-methyl/N-ethyl adjacent to an activating group) is 1. The first kappa shape index (κ1) is 26.4. The van der Waals surface area contributed by atoms with Crippen LogP contribution in [0.4, 0.5) is 5.69 Å². The number of aliphatic imine (C=N–C) groups is 1. The Morgan fingerprint density at radius 1 is 1.10 bits per heavy atom. The number of nitrogens with zero attached hydrogens (tertiary/aromatic N) is 3. The number of aromatic amines is 1. The first-order chi connectivity index (χ1) is 18.9. The van der Waals surface area contributed by atoms with Gasteiger partial charge in [-0.2, -0.15) is 5.10 Å². The van der Waals surface area contributed by atoms with Crippen molar-refractivity contribution in [2.45, 2.75) is 39.5 Å². The van der Waals surface area contributed by atoms with Gasteiger partial charge < -0.3 is 9.64 Å². The zero-order chi connectivity index (χ0) is 27.4. The molecule has 0 bridgehead atoms. The van der Waals surface area contributed by atoms with Crippen LogP contribution in [-0.2, 0) is 11.2 Å². The lowest BCUT2D eigenvalue weighted by molar-refractivity contribution is -0.130. The molecule has 0 spiro atoms. The predicted molar refractivity (Wildman–Crippen MR) is 159 cm³/mol. The minimum Gasteiger partial charge on any atom is -0.484 e. The quantitative estimate of drug-likeness (QED) is 0.298. The van der Waals surface area contributed by atoms with E-state index >= 15 is 0 Å². The molecule has 1 N–H and O–H groups in total. The zero-order valence-corrected chi connectivity index (χ0v) is 23.2. The van der Waals surface area contributed by atoms with Crippen molar-refractivity contribution in [2.75, 3.05) is 20.7 Å². The number of carbonyl (C=O) groups is 1. The van der Waals surface area contributed by atoms with Gasteiger partial charge in [0, 0.05) is 25.2 Å². The molecule has 1 heterocycles. The minimum absolute atomic E-state index is 0.0312. The highest BCUT2D eigenvalue weighted by atomic mass is 16.5.